The van der Waals surface area contributed by atoms with Crippen LogP contribution in [0.4, 0.5) is 0 Å². The molecule has 92 valence electrons. The molecule has 0 aromatic carbocycles. The van der Waals surface area contributed by atoms with Gasteiger partial charge in [0.2, 0.25) is 0 Å². The monoisotopic (exact) mass is 242 g/mol. The highest BCUT2D eigenvalue weighted by molar-refractivity contribution is 7.99. The maximum Gasteiger partial charge on any atom is 0.0625 e. The predicted molar refractivity (Wildman–Crippen MR) is 70.0 cm³/mol. The lowest BCUT2D eigenvalue weighted by atomic mass is 10.4. The molecule has 0 aliphatic rings. The Hall–Kier alpha value is -0.520. The van der Waals surface area contributed by atoms with Gasteiger partial charge in [0.15, 0.2) is 0 Å². The first-order valence-corrected chi connectivity index (χ1v) is 6.64. The van der Waals surface area contributed by atoms with Gasteiger partial charge >= 0.3 is 0 Å². The molecule has 1 heterocycles. The number of aromatic nitrogens is 2. The van der Waals surface area contributed by atoms with Gasteiger partial charge in [-0.2, -0.15) is 5.10 Å². The van der Waals surface area contributed by atoms with Crippen molar-refractivity contribution >= 4 is 11.8 Å². The summed E-state index contributed by atoms with van der Waals surface area (Å²) in [5.41, 5.74) is 0. The van der Waals surface area contributed by atoms with Crippen LogP contribution in [0, 0.1) is 0 Å². The second kappa shape index (κ2) is 7.70. The second-order valence-electron chi connectivity index (χ2n) is 4.10. The highest BCUT2D eigenvalue weighted by Gasteiger charge is 1.96. The van der Waals surface area contributed by atoms with Crippen LogP contribution in [-0.2, 0) is 7.05 Å². The van der Waals surface area contributed by atoms with Crippen molar-refractivity contribution in [2.24, 2.45) is 7.05 Å². The van der Waals surface area contributed by atoms with Crippen LogP contribution < -0.4 is 5.32 Å². The van der Waals surface area contributed by atoms with E-state index in [2.05, 4.69) is 35.6 Å². The Bertz CT molecular complexity index is 285. The van der Waals surface area contributed by atoms with E-state index in [1.807, 2.05) is 29.7 Å². The van der Waals surface area contributed by atoms with Gasteiger partial charge in [-0.15, -0.1) is 11.8 Å². The van der Waals surface area contributed by atoms with Crippen molar-refractivity contribution in [3.8, 4) is 0 Å². The number of thioether (sulfide) groups is 1. The van der Waals surface area contributed by atoms with E-state index < -0.39 is 0 Å². The van der Waals surface area contributed by atoms with Crippen LogP contribution in [0.15, 0.2) is 17.3 Å². The average Bonchev–Trinajstić information content (AvgIpc) is 2.62. The number of rotatable bonds is 8. The van der Waals surface area contributed by atoms with Gasteiger partial charge in [-0.1, -0.05) is 0 Å². The average molecular weight is 242 g/mol. The molecule has 16 heavy (non-hydrogen) atoms. The molecule has 0 saturated carbocycles. The van der Waals surface area contributed by atoms with Crippen molar-refractivity contribution in [3.63, 3.8) is 0 Å². The largest absolute Gasteiger partial charge is 0.316 e. The van der Waals surface area contributed by atoms with Crippen LogP contribution in [0.25, 0.3) is 0 Å². The molecule has 4 nitrogen and oxygen atoms in total. The molecule has 0 aliphatic carbocycles. The van der Waals surface area contributed by atoms with E-state index in [0.717, 1.165) is 25.4 Å². The Morgan fingerprint density at radius 2 is 2.25 bits per heavy atom. The molecule has 5 heteroatoms. The Balaban J connectivity index is 1.92. The summed E-state index contributed by atoms with van der Waals surface area (Å²) in [7, 11) is 6.17. The summed E-state index contributed by atoms with van der Waals surface area (Å²) < 4.78 is 1.84. The molecule has 0 spiro atoms. The summed E-state index contributed by atoms with van der Waals surface area (Å²) in [6.45, 7) is 3.32. The smallest absolute Gasteiger partial charge is 0.0625 e. The predicted octanol–water partition coefficient (Wildman–Crippen LogP) is 1.05. The zero-order valence-corrected chi connectivity index (χ0v) is 11.3. The van der Waals surface area contributed by atoms with Gasteiger partial charge in [0.25, 0.3) is 0 Å². The lowest BCUT2D eigenvalue weighted by molar-refractivity contribution is 0.396. The molecule has 0 atom stereocenters. The molecule has 1 aromatic rings. The fourth-order valence-corrected chi connectivity index (χ4v) is 2.19. The Morgan fingerprint density at radius 3 is 2.88 bits per heavy atom. The van der Waals surface area contributed by atoms with Gasteiger partial charge in [-0.05, 0) is 33.6 Å². The van der Waals surface area contributed by atoms with Crippen molar-refractivity contribution < 1.29 is 0 Å². The van der Waals surface area contributed by atoms with E-state index >= 15 is 0 Å². The molecule has 0 saturated heterocycles. The van der Waals surface area contributed by atoms with Crippen LogP contribution in [-0.4, -0.2) is 54.2 Å². The highest BCUT2D eigenvalue weighted by Crippen LogP contribution is 2.14. The highest BCUT2D eigenvalue weighted by atomic mass is 32.2. The fraction of sp³-hybridized carbons (Fsp3) is 0.727. The number of aryl methyl sites for hydroxylation is 1. The molecule has 0 fully saturated rings. The Morgan fingerprint density at radius 1 is 1.44 bits per heavy atom. The standard InChI is InChI=1S/C11H22N4S/c1-14(2)7-4-5-12-6-8-16-11-9-13-15(3)10-11/h9-10,12H,4-8H2,1-3H3. The van der Waals surface area contributed by atoms with Gasteiger partial charge in [0.1, 0.15) is 0 Å². The first-order chi connectivity index (χ1) is 7.68. The topological polar surface area (TPSA) is 33.1 Å². The third kappa shape index (κ3) is 6.15. The lowest BCUT2D eigenvalue weighted by Crippen LogP contribution is -2.22. The van der Waals surface area contributed by atoms with Crippen LogP contribution in [0.1, 0.15) is 6.42 Å². The van der Waals surface area contributed by atoms with E-state index in [0.29, 0.717) is 0 Å². The van der Waals surface area contributed by atoms with Crippen LogP contribution >= 0.6 is 11.8 Å². The second-order valence-corrected chi connectivity index (χ2v) is 5.27. The Labute approximate surface area is 102 Å². The maximum absolute atomic E-state index is 4.13. The van der Waals surface area contributed by atoms with E-state index in [1.54, 1.807) is 0 Å². The van der Waals surface area contributed by atoms with Crippen molar-refractivity contribution in [1.29, 1.82) is 0 Å². The van der Waals surface area contributed by atoms with E-state index in [-0.39, 0.29) is 0 Å². The molecule has 1 aromatic heterocycles. The summed E-state index contributed by atoms with van der Waals surface area (Å²) in [5, 5.41) is 7.58. The van der Waals surface area contributed by atoms with E-state index in [4.69, 9.17) is 0 Å². The summed E-state index contributed by atoms with van der Waals surface area (Å²) in [6, 6.07) is 0. The number of hydrogen-bond acceptors (Lipinski definition) is 4. The number of nitrogens with one attached hydrogen (secondary N) is 1. The summed E-state index contributed by atoms with van der Waals surface area (Å²) in [5.74, 6) is 1.10. The van der Waals surface area contributed by atoms with Crippen LogP contribution in [0.5, 0.6) is 0 Å². The minimum atomic E-state index is 1.06. The lowest BCUT2D eigenvalue weighted by Gasteiger charge is -2.09. The van der Waals surface area contributed by atoms with Crippen molar-refractivity contribution in [2.75, 3.05) is 39.5 Å². The quantitative estimate of drug-likeness (QED) is 0.546. The molecule has 0 radical (unpaired) electrons. The first kappa shape index (κ1) is 13.5. The van der Waals surface area contributed by atoms with Gasteiger partial charge in [0, 0.05) is 30.4 Å². The molecule has 0 amide bonds. The zero-order valence-electron chi connectivity index (χ0n) is 10.4. The van der Waals surface area contributed by atoms with Gasteiger partial charge in [-0.25, -0.2) is 0 Å². The summed E-state index contributed by atoms with van der Waals surface area (Å²) in [4.78, 5) is 3.46. The zero-order chi connectivity index (χ0) is 11.8. The molecule has 0 bridgehead atoms. The number of hydrogen-bond donors (Lipinski definition) is 1. The molecule has 0 aliphatic heterocycles. The fourth-order valence-electron chi connectivity index (χ4n) is 1.36. The SMILES string of the molecule is CN(C)CCCNCCSc1cnn(C)c1. The molecule has 1 N–H and O–H groups in total. The van der Waals surface area contributed by atoms with Crippen LogP contribution in [0.3, 0.4) is 0 Å². The third-order valence-corrected chi connectivity index (χ3v) is 3.14. The normalized spacial score (nSPS) is 11.2. The van der Waals surface area contributed by atoms with Crippen molar-refractivity contribution in [3.05, 3.63) is 12.4 Å². The van der Waals surface area contributed by atoms with E-state index in [1.165, 1.54) is 11.3 Å². The number of nitrogens with zero attached hydrogens (tertiary/aromatic N) is 3. The summed E-state index contributed by atoms with van der Waals surface area (Å²) in [6.07, 6.45) is 5.18. The van der Waals surface area contributed by atoms with Gasteiger partial charge in [0.05, 0.1) is 6.20 Å². The Kier molecular flexibility index (Phi) is 6.52. The maximum atomic E-state index is 4.13. The third-order valence-electron chi connectivity index (χ3n) is 2.19. The first-order valence-electron chi connectivity index (χ1n) is 5.65. The van der Waals surface area contributed by atoms with Crippen LogP contribution in [0.2, 0.25) is 0 Å². The van der Waals surface area contributed by atoms with E-state index in [9.17, 15) is 0 Å². The molecule has 1 rings (SSSR count). The molecular formula is C11H22N4S. The molecular weight excluding hydrogens is 220 g/mol. The van der Waals surface area contributed by atoms with Gasteiger partial charge in [-0.3, -0.25) is 4.68 Å². The molecule has 0 unspecified atom stereocenters. The van der Waals surface area contributed by atoms with Crippen molar-refractivity contribution in [2.45, 2.75) is 11.3 Å². The minimum absolute atomic E-state index is 1.06. The minimum Gasteiger partial charge on any atom is -0.316 e. The van der Waals surface area contributed by atoms with Crippen molar-refractivity contribution in [1.82, 2.24) is 20.0 Å². The van der Waals surface area contributed by atoms with Gasteiger partial charge < -0.3 is 10.2 Å². The summed E-state index contributed by atoms with van der Waals surface area (Å²) >= 11 is 1.85.